The molecule has 1 aliphatic heterocycles. The van der Waals surface area contributed by atoms with Crippen LogP contribution >= 0.6 is 23.4 Å². The first kappa shape index (κ1) is 21.9. The highest BCUT2D eigenvalue weighted by Gasteiger charge is 2.33. The minimum atomic E-state index is -0.682. The summed E-state index contributed by atoms with van der Waals surface area (Å²) in [6.07, 6.45) is 0. The average Bonchev–Trinajstić information content (AvgIpc) is 3.27. The maximum absolute atomic E-state index is 12.8. The van der Waals surface area contributed by atoms with Crippen LogP contribution in [-0.2, 0) is 9.53 Å². The Kier molecular flexibility index (Phi) is 6.77. The van der Waals surface area contributed by atoms with E-state index in [4.69, 9.17) is 20.8 Å². The number of thioether (sulfide) groups is 1. The molecule has 1 aromatic heterocycles. The van der Waals surface area contributed by atoms with Gasteiger partial charge in [-0.3, -0.25) is 0 Å². The van der Waals surface area contributed by atoms with Gasteiger partial charge in [0.05, 0.1) is 18.2 Å². The van der Waals surface area contributed by atoms with Crippen molar-refractivity contribution in [2.45, 2.75) is 18.2 Å². The predicted molar refractivity (Wildman–Crippen MR) is 120 cm³/mol. The van der Waals surface area contributed by atoms with Crippen LogP contribution in [0.3, 0.4) is 0 Å². The summed E-state index contributed by atoms with van der Waals surface area (Å²) in [5, 5.41) is 14.5. The van der Waals surface area contributed by atoms with Crippen molar-refractivity contribution in [3.05, 3.63) is 76.5 Å². The number of rotatable bonds is 7. The quantitative estimate of drug-likeness (QED) is 0.390. The van der Waals surface area contributed by atoms with Gasteiger partial charge in [-0.05, 0) is 36.8 Å². The van der Waals surface area contributed by atoms with Crippen molar-refractivity contribution in [2.75, 3.05) is 12.4 Å². The molecule has 0 saturated heterocycles. The fourth-order valence-corrected chi connectivity index (χ4v) is 4.04. The number of esters is 1. The summed E-state index contributed by atoms with van der Waals surface area (Å²) < 4.78 is 11.0. The van der Waals surface area contributed by atoms with Gasteiger partial charge >= 0.3 is 12.0 Å². The highest BCUT2D eigenvalue weighted by Crippen LogP contribution is 2.31. The molecule has 2 N–H and O–H groups in total. The fourth-order valence-electron chi connectivity index (χ4n) is 3.19. The van der Waals surface area contributed by atoms with Gasteiger partial charge in [0.1, 0.15) is 0 Å². The maximum atomic E-state index is 12.8. The van der Waals surface area contributed by atoms with Crippen molar-refractivity contribution in [2.24, 2.45) is 0 Å². The van der Waals surface area contributed by atoms with Gasteiger partial charge in [-0.2, -0.15) is 0 Å². The van der Waals surface area contributed by atoms with Gasteiger partial charge in [-0.25, -0.2) is 9.59 Å². The molecule has 0 fully saturated rings. The molecule has 32 heavy (non-hydrogen) atoms. The van der Waals surface area contributed by atoms with Crippen molar-refractivity contribution in [3.8, 4) is 11.5 Å². The lowest BCUT2D eigenvalue weighted by molar-refractivity contribution is -0.139. The van der Waals surface area contributed by atoms with Gasteiger partial charge in [0.2, 0.25) is 5.89 Å². The van der Waals surface area contributed by atoms with E-state index in [1.165, 1.54) is 11.8 Å². The first-order valence-corrected chi connectivity index (χ1v) is 11.2. The Hall–Kier alpha value is -3.30. The molecule has 164 valence electrons. The second kappa shape index (κ2) is 9.88. The van der Waals surface area contributed by atoms with E-state index in [9.17, 15) is 9.59 Å². The lowest BCUT2D eigenvalue weighted by Crippen LogP contribution is -2.46. The van der Waals surface area contributed by atoms with E-state index in [0.717, 1.165) is 5.56 Å². The molecule has 0 bridgehead atoms. The normalized spacial score (nSPS) is 15.8. The summed E-state index contributed by atoms with van der Waals surface area (Å²) in [5.41, 5.74) is 2.23. The monoisotopic (exact) mass is 470 g/mol. The van der Waals surface area contributed by atoms with E-state index >= 15 is 0 Å². The first-order valence-electron chi connectivity index (χ1n) is 9.80. The van der Waals surface area contributed by atoms with Crippen LogP contribution < -0.4 is 10.6 Å². The summed E-state index contributed by atoms with van der Waals surface area (Å²) in [5.74, 6) is 0.0920. The molecule has 0 spiro atoms. The minimum absolute atomic E-state index is 0.203. The lowest BCUT2D eigenvalue weighted by atomic mass is 9.95. The molecular weight excluding hydrogens is 452 g/mol. The number of ether oxygens (including phenoxy) is 1. The molecule has 0 aliphatic carbocycles. The number of urea groups is 1. The van der Waals surface area contributed by atoms with Crippen LogP contribution in [0.5, 0.6) is 0 Å². The third-order valence-electron chi connectivity index (χ3n) is 4.62. The zero-order chi connectivity index (χ0) is 22.5. The molecule has 8 nitrogen and oxygen atoms in total. The Morgan fingerprint density at radius 2 is 1.91 bits per heavy atom. The molecule has 3 aromatic rings. The van der Waals surface area contributed by atoms with Crippen molar-refractivity contribution in [1.29, 1.82) is 0 Å². The SMILES string of the molecule is CCOC(=O)C1=C(CSc2nnc(-c3ccccc3)o2)NC(=O)NC1c1ccc(Cl)cc1. The summed E-state index contributed by atoms with van der Waals surface area (Å²) in [4.78, 5) is 25.2. The molecule has 0 saturated carbocycles. The van der Waals surface area contributed by atoms with Crippen LogP contribution in [0.1, 0.15) is 18.5 Å². The van der Waals surface area contributed by atoms with Gasteiger partial charge in [0.15, 0.2) is 0 Å². The fraction of sp³-hybridized carbons (Fsp3) is 0.182. The van der Waals surface area contributed by atoms with E-state index in [-0.39, 0.29) is 12.4 Å². The zero-order valence-corrected chi connectivity index (χ0v) is 18.6. The lowest BCUT2D eigenvalue weighted by Gasteiger charge is -2.29. The third-order valence-corrected chi connectivity index (χ3v) is 5.72. The third kappa shape index (κ3) is 4.95. The Balaban J connectivity index is 1.61. The standard InChI is InChI=1S/C22H19ClN4O4S/c1-2-30-20(28)17-16(24-21(29)25-18(17)13-8-10-15(23)11-9-13)12-32-22-27-26-19(31-22)14-6-4-3-5-7-14/h3-11,18H,2,12H2,1H3,(H2,24,25,29). The zero-order valence-electron chi connectivity index (χ0n) is 17.0. The van der Waals surface area contributed by atoms with Crippen molar-refractivity contribution >= 4 is 35.4 Å². The smallest absolute Gasteiger partial charge is 0.338 e. The van der Waals surface area contributed by atoms with E-state index < -0.39 is 18.0 Å². The Labute approximate surface area is 193 Å². The van der Waals surface area contributed by atoms with Crippen LogP contribution in [0.2, 0.25) is 5.02 Å². The van der Waals surface area contributed by atoms with Crippen LogP contribution in [0.4, 0.5) is 4.79 Å². The van der Waals surface area contributed by atoms with Crippen LogP contribution in [-0.4, -0.2) is 34.6 Å². The van der Waals surface area contributed by atoms with Crippen molar-refractivity contribution in [1.82, 2.24) is 20.8 Å². The van der Waals surface area contributed by atoms with Gasteiger partial charge < -0.3 is 19.8 Å². The Bertz CT molecular complexity index is 1150. The number of nitrogens with one attached hydrogen (secondary N) is 2. The number of benzene rings is 2. The van der Waals surface area contributed by atoms with E-state index in [1.54, 1.807) is 31.2 Å². The Morgan fingerprint density at radius 3 is 2.62 bits per heavy atom. The number of nitrogens with zero attached hydrogens (tertiary/aromatic N) is 2. The largest absolute Gasteiger partial charge is 0.463 e. The number of carbonyl (C=O) groups excluding carboxylic acids is 2. The molecule has 1 unspecified atom stereocenters. The van der Waals surface area contributed by atoms with Gasteiger partial charge in [0, 0.05) is 22.0 Å². The number of amides is 2. The average molecular weight is 471 g/mol. The first-order chi connectivity index (χ1) is 15.5. The van der Waals surface area contributed by atoms with Crippen LogP contribution in [0, 0.1) is 0 Å². The highest BCUT2D eigenvalue weighted by atomic mass is 35.5. The predicted octanol–water partition coefficient (Wildman–Crippen LogP) is 4.35. The van der Waals surface area contributed by atoms with E-state index in [1.807, 2.05) is 30.3 Å². The molecule has 2 aromatic carbocycles. The number of aromatic nitrogens is 2. The van der Waals surface area contributed by atoms with Crippen molar-refractivity contribution < 1.29 is 18.7 Å². The summed E-state index contributed by atoms with van der Waals surface area (Å²) in [7, 11) is 0. The number of hydrogen-bond acceptors (Lipinski definition) is 7. The second-order valence-corrected chi connectivity index (χ2v) is 8.09. The summed E-state index contributed by atoms with van der Waals surface area (Å²) >= 11 is 7.20. The molecule has 10 heteroatoms. The van der Waals surface area contributed by atoms with Crippen LogP contribution in [0.15, 0.2) is 75.5 Å². The molecule has 2 heterocycles. The van der Waals surface area contributed by atoms with E-state index in [0.29, 0.717) is 33.0 Å². The van der Waals surface area contributed by atoms with Gasteiger partial charge in [-0.15, -0.1) is 10.2 Å². The molecule has 2 amide bonds. The van der Waals surface area contributed by atoms with Gasteiger partial charge in [0.25, 0.3) is 5.22 Å². The Morgan fingerprint density at radius 1 is 1.16 bits per heavy atom. The summed E-state index contributed by atoms with van der Waals surface area (Å²) in [6, 6.07) is 15.2. The molecule has 0 radical (unpaired) electrons. The molecular formula is C22H19ClN4O4S. The van der Waals surface area contributed by atoms with Gasteiger partial charge in [-0.1, -0.05) is 53.7 Å². The van der Waals surface area contributed by atoms with Crippen molar-refractivity contribution in [3.63, 3.8) is 0 Å². The molecule has 1 aliphatic rings. The minimum Gasteiger partial charge on any atom is -0.463 e. The van der Waals surface area contributed by atoms with E-state index in [2.05, 4.69) is 20.8 Å². The topological polar surface area (TPSA) is 106 Å². The number of halogens is 1. The second-order valence-electron chi connectivity index (χ2n) is 6.72. The number of hydrogen-bond donors (Lipinski definition) is 2. The maximum Gasteiger partial charge on any atom is 0.338 e. The molecule has 1 atom stereocenters. The summed E-state index contributed by atoms with van der Waals surface area (Å²) in [6.45, 7) is 1.93. The number of carbonyl (C=O) groups is 2. The molecule has 4 rings (SSSR count). The highest BCUT2D eigenvalue weighted by molar-refractivity contribution is 7.99. The van der Waals surface area contributed by atoms with Crippen LogP contribution in [0.25, 0.3) is 11.5 Å².